The number of piperazine rings is 1. The van der Waals surface area contributed by atoms with Crippen molar-refractivity contribution in [2.45, 2.75) is 10.9 Å². The third-order valence-corrected chi connectivity index (χ3v) is 7.63. The number of rotatable bonds is 6. The lowest BCUT2D eigenvalue weighted by Gasteiger charge is -2.31. The van der Waals surface area contributed by atoms with E-state index in [-0.39, 0.29) is 16.8 Å². The van der Waals surface area contributed by atoms with Gasteiger partial charge in [-0.3, -0.25) is 4.79 Å². The number of hydrogen-bond acceptors (Lipinski definition) is 4. The van der Waals surface area contributed by atoms with Crippen LogP contribution in [0.2, 0.25) is 0 Å². The number of nitrogens with zero attached hydrogens (tertiary/aromatic N) is 2. The standard InChI is InChI=1S/C25H27N3O3S/c1-27-15-17-28(18-16-27)32(30,31)23-14-8-13-22(19-23)25(29)26-24(20-9-4-2-5-10-20)21-11-6-3-7-12-21/h2-14,19,24H,15-18H2,1H3,(H,26,29). The van der Waals surface area contributed by atoms with E-state index in [2.05, 4.69) is 10.2 Å². The highest BCUT2D eigenvalue weighted by atomic mass is 32.2. The average molecular weight is 450 g/mol. The third kappa shape index (κ3) is 4.91. The Morgan fingerprint density at radius 1 is 0.812 bits per heavy atom. The zero-order chi connectivity index (χ0) is 22.6. The van der Waals surface area contributed by atoms with Gasteiger partial charge in [0.05, 0.1) is 10.9 Å². The molecule has 1 aliphatic rings. The Morgan fingerprint density at radius 3 is 1.94 bits per heavy atom. The molecule has 6 nitrogen and oxygen atoms in total. The number of hydrogen-bond donors (Lipinski definition) is 1. The molecule has 0 unspecified atom stereocenters. The first-order chi connectivity index (χ1) is 15.4. The molecule has 1 N–H and O–H groups in total. The normalized spacial score (nSPS) is 15.6. The Labute approximate surface area is 189 Å². The van der Waals surface area contributed by atoms with Crippen molar-refractivity contribution < 1.29 is 13.2 Å². The van der Waals surface area contributed by atoms with E-state index in [0.29, 0.717) is 31.7 Å². The molecule has 1 heterocycles. The van der Waals surface area contributed by atoms with E-state index in [1.54, 1.807) is 18.2 Å². The topological polar surface area (TPSA) is 69.7 Å². The second kappa shape index (κ2) is 9.65. The lowest BCUT2D eigenvalue weighted by molar-refractivity contribution is 0.0942. The van der Waals surface area contributed by atoms with Gasteiger partial charge >= 0.3 is 0 Å². The highest BCUT2D eigenvalue weighted by Gasteiger charge is 2.28. The van der Waals surface area contributed by atoms with Gasteiger partial charge in [0.2, 0.25) is 10.0 Å². The van der Waals surface area contributed by atoms with Crippen LogP contribution in [0, 0.1) is 0 Å². The fourth-order valence-corrected chi connectivity index (χ4v) is 5.31. The Bertz CT molecular complexity index is 1120. The summed E-state index contributed by atoms with van der Waals surface area (Å²) in [7, 11) is -1.67. The number of benzene rings is 3. The second-order valence-electron chi connectivity index (χ2n) is 7.96. The van der Waals surface area contributed by atoms with Crippen molar-refractivity contribution >= 4 is 15.9 Å². The Morgan fingerprint density at radius 2 is 1.38 bits per heavy atom. The molecule has 0 aliphatic carbocycles. The van der Waals surface area contributed by atoms with E-state index >= 15 is 0 Å². The fraction of sp³-hybridized carbons (Fsp3) is 0.240. The smallest absolute Gasteiger partial charge is 0.252 e. The lowest BCUT2D eigenvalue weighted by Crippen LogP contribution is -2.47. The van der Waals surface area contributed by atoms with Crippen LogP contribution >= 0.6 is 0 Å². The van der Waals surface area contributed by atoms with Crippen molar-refractivity contribution in [2.24, 2.45) is 0 Å². The molecule has 1 aliphatic heterocycles. The van der Waals surface area contributed by atoms with Crippen molar-refractivity contribution in [3.05, 3.63) is 102 Å². The van der Waals surface area contributed by atoms with Gasteiger partial charge in [-0.25, -0.2) is 8.42 Å². The first-order valence-electron chi connectivity index (χ1n) is 10.6. The number of amides is 1. The summed E-state index contributed by atoms with van der Waals surface area (Å²) in [5, 5.41) is 3.08. The molecule has 0 spiro atoms. The maximum atomic E-state index is 13.2. The highest BCUT2D eigenvalue weighted by Crippen LogP contribution is 2.23. The van der Waals surface area contributed by atoms with Gasteiger partial charge in [0.1, 0.15) is 0 Å². The Hall–Kier alpha value is -3.00. The van der Waals surface area contributed by atoms with Gasteiger partial charge in [-0.1, -0.05) is 66.7 Å². The fourth-order valence-electron chi connectivity index (χ4n) is 3.84. The zero-order valence-corrected chi connectivity index (χ0v) is 18.8. The average Bonchev–Trinajstić information content (AvgIpc) is 2.84. The highest BCUT2D eigenvalue weighted by molar-refractivity contribution is 7.89. The minimum absolute atomic E-state index is 0.144. The molecule has 7 heteroatoms. The second-order valence-corrected chi connectivity index (χ2v) is 9.90. The van der Waals surface area contributed by atoms with E-state index in [1.807, 2.05) is 67.7 Å². The van der Waals surface area contributed by atoms with Crippen LogP contribution in [0.1, 0.15) is 27.5 Å². The molecule has 32 heavy (non-hydrogen) atoms. The summed E-state index contributed by atoms with van der Waals surface area (Å²) in [6.07, 6.45) is 0. The quantitative estimate of drug-likeness (QED) is 0.628. The van der Waals surface area contributed by atoms with Crippen LogP contribution in [0.5, 0.6) is 0 Å². The monoisotopic (exact) mass is 449 g/mol. The number of sulfonamides is 1. The molecule has 0 atom stereocenters. The van der Waals surface area contributed by atoms with E-state index in [9.17, 15) is 13.2 Å². The molecular weight excluding hydrogens is 422 g/mol. The molecule has 3 aromatic carbocycles. The van der Waals surface area contributed by atoms with Crippen LogP contribution in [0.3, 0.4) is 0 Å². The minimum Gasteiger partial charge on any atom is -0.341 e. The molecule has 0 bridgehead atoms. The summed E-state index contributed by atoms with van der Waals surface area (Å²) < 4.78 is 27.7. The van der Waals surface area contributed by atoms with Crippen LogP contribution in [-0.2, 0) is 10.0 Å². The van der Waals surface area contributed by atoms with Crippen molar-refractivity contribution in [3.8, 4) is 0 Å². The summed E-state index contributed by atoms with van der Waals surface area (Å²) >= 11 is 0. The lowest BCUT2D eigenvalue weighted by atomic mass is 9.98. The van der Waals surface area contributed by atoms with Crippen molar-refractivity contribution in [2.75, 3.05) is 33.2 Å². The molecule has 4 rings (SSSR count). The molecule has 3 aromatic rings. The Balaban J connectivity index is 1.59. The van der Waals surface area contributed by atoms with Crippen LogP contribution in [0.25, 0.3) is 0 Å². The van der Waals surface area contributed by atoms with Crippen LogP contribution in [0.15, 0.2) is 89.8 Å². The van der Waals surface area contributed by atoms with Gasteiger partial charge < -0.3 is 10.2 Å². The van der Waals surface area contributed by atoms with Gasteiger partial charge in [0.15, 0.2) is 0 Å². The van der Waals surface area contributed by atoms with E-state index in [1.165, 1.54) is 10.4 Å². The first-order valence-corrected chi connectivity index (χ1v) is 12.1. The molecule has 166 valence electrons. The van der Waals surface area contributed by atoms with Crippen molar-refractivity contribution in [3.63, 3.8) is 0 Å². The van der Waals surface area contributed by atoms with Gasteiger partial charge in [-0.15, -0.1) is 0 Å². The number of likely N-dealkylation sites (N-methyl/N-ethyl adjacent to an activating group) is 1. The predicted molar refractivity (Wildman–Crippen MR) is 125 cm³/mol. The Kier molecular flexibility index (Phi) is 6.69. The summed E-state index contributed by atoms with van der Waals surface area (Å²) in [5.74, 6) is -0.321. The third-order valence-electron chi connectivity index (χ3n) is 5.74. The maximum absolute atomic E-state index is 13.2. The molecule has 1 amide bonds. The molecule has 0 saturated carbocycles. The largest absolute Gasteiger partial charge is 0.341 e. The minimum atomic E-state index is -3.65. The van der Waals surface area contributed by atoms with E-state index < -0.39 is 10.0 Å². The van der Waals surface area contributed by atoms with E-state index in [0.717, 1.165) is 11.1 Å². The van der Waals surface area contributed by atoms with E-state index in [4.69, 9.17) is 0 Å². The first kappa shape index (κ1) is 22.2. The molecule has 0 radical (unpaired) electrons. The molecule has 1 saturated heterocycles. The predicted octanol–water partition coefficient (Wildman–Crippen LogP) is 3.14. The molecule has 1 fully saturated rings. The summed E-state index contributed by atoms with van der Waals surface area (Å²) in [6.45, 7) is 2.27. The van der Waals surface area contributed by atoms with Crippen molar-refractivity contribution in [1.82, 2.24) is 14.5 Å². The number of carbonyl (C=O) groups is 1. The van der Waals surface area contributed by atoms with Gasteiger partial charge in [0.25, 0.3) is 5.91 Å². The molecular formula is C25H27N3O3S. The van der Waals surface area contributed by atoms with Crippen LogP contribution < -0.4 is 5.32 Å². The van der Waals surface area contributed by atoms with Gasteiger partial charge in [-0.05, 0) is 36.4 Å². The molecule has 0 aromatic heterocycles. The zero-order valence-electron chi connectivity index (χ0n) is 18.0. The number of nitrogens with one attached hydrogen (secondary N) is 1. The summed E-state index contributed by atoms with van der Waals surface area (Å²) in [5.41, 5.74) is 2.22. The maximum Gasteiger partial charge on any atom is 0.252 e. The summed E-state index contributed by atoms with van der Waals surface area (Å²) in [6, 6.07) is 25.4. The van der Waals surface area contributed by atoms with Crippen LogP contribution in [-0.4, -0.2) is 56.8 Å². The van der Waals surface area contributed by atoms with Crippen LogP contribution in [0.4, 0.5) is 0 Å². The SMILES string of the molecule is CN1CCN(S(=O)(=O)c2cccc(C(=O)NC(c3ccccc3)c3ccccc3)c2)CC1. The van der Waals surface area contributed by atoms with Gasteiger partial charge in [0, 0.05) is 31.7 Å². The van der Waals surface area contributed by atoms with Gasteiger partial charge in [-0.2, -0.15) is 4.31 Å². The number of carbonyl (C=O) groups excluding carboxylic acids is 1. The van der Waals surface area contributed by atoms with Crippen molar-refractivity contribution in [1.29, 1.82) is 0 Å². The summed E-state index contributed by atoms with van der Waals surface area (Å²) in [4.78, 5) is 15.4.